The number of thioether (sulfide) groups is 1. The summed E-state index contributed by atoms with van der Waals surface area (Å²) in [6, 6.07) is 11.1. The van der Waals surface area contributed by atoms with E-state index < -0.39 is 5.25 Å². The van der Waals surface area contributed by atoms with Crippen molar-refractivity contribution in [3.05, 3.63) is 75.0 Å². The molecule has 0 unspecified atom stereocenters. The number of benzene rings is 2. The number of halogens is 1. The van der Waals surface area contributed by atoms with Gasteiger partial charge >= 0.3 is 0 Å². The summed E-state index contributed by atoms with van der Waals surface area (Å²) in [6.45, 7) is 10.3. The van der Waals surface area contributed by atoms with Crippen LogP contribution in [0.1, 0.15) is 30.5 Å². The summed E-state index contributed by atoms with van der Waals surface area (Å²) < 4.78 is 19.6. The summed E-state index contributed by atoms with van der Waals surface area (Å²) in [6.07, 6.45) is 1.64. The van der Waals surface area contributed by atoms with Crippen molar-refractivity contribution >= 4 is 27.7 Å². The first-order chi connectivity index (χ1) is 16.9. The molecule has 0 N–H and O–H groups in total. The van der Waals surface area contributed by atoms with Gasteiger partial charge in [0.2, 0.25) is 6.54 Å². The summed E-state index contributed by atoms with van der Waals surface area (Å²) >= 11 is 4.80. The fraction of sp³-hybridized carbons (Fsp3) is 0.333. The van der Waals surface area contributed by atoms with Gasteiger partial charge in [-0.2, -0.15) is 0 Å². The second-order valence-corrected chi connectivity index (χ2v) is 9.30. The standard InChI is InChI=1S/C24H27BrN4O5S/c1-5-12-34-23-20(25)13-17(14-21(23)33-7-3)22(15-28(30)31)35-24-27-26-16(4)29(24)18-8-10-19(11-9-18)32-6-2/h5,8-11,13-14,22H,1,6-7,12,15H2,2-4H3/t22-/m0/s1. The molecule has 3 aromatic rings. The molecule has 0 fully saturated rings. The number of rotatable bonds is 13. The van der Waals surface area contributed by atoms with E-state index in [1.54, 1.807) is 12.1 Å². The molecule has 1 atom stereocenters. The zero-order valence-electron chi connectivity index (χ0n) is 19.8. The largest absolute Gasteiger partial charge is 0.494 e. The molecule has 0 amide bonds. The number of hydrogen-bond donors (Lipinski definition) is 0. The maximum atomic E-state index is 11.6. The van der Waals surface area contributed by atoms with Crippen molar-refractivity contribution in [1.82, 2.24) is 14.8 Å². The zero-order chi connectivity index (χ0) is 25.4. The molecule has 0 bridgehead atoms. The Kier molecular flexibility index (Phi) is 9.55. The smallest absolute Gasteiger partial charge is 0.220 e. The van der Waals surface area contributed by atoms with E-state index in [4.69, 9.17) is 14.2 Å². The van der Waals surface area contributed by atoms with Crippen molar-refractivity contribution in [3.63, 3.8) is 0 Å². The van der Waals surface area contributed by atoms with Crippen molar-refractivity contribution in [1.29, 1.82) is 0 Å². The molecule has 186 valence electrons. The van der Waals surface area contributed by atoms with Crippen LogP contribution in [-0.4, -0.2) is 46.1 Å². The minimum Gasteiger partial charge on any atom is -0.494 e. The van der Waals surface area contributed by atoms with Crippen molar-refractivity contribution in [2.24, 2.45) is 0 Å². The van der Waals surface area contributed by atoms with Crippen LogP contribution in [0.25, 0.3) is 5.69 Å². The van der Waals surface area contributed by atoms with Crippen molar-refractivity contribution in [2.75, 3.05) is 26.4 Å². The Bertz CT molecular complexity index is 1170. The van der Waals surface area contributed by atoms with Crippen LogP contribution in [0.3, 0.4) is 0 Å². The number of aryl methyl sites for hydroxylation is 1. The third kappa shape index (κ3) is 6.76. The molecular formula is C24H27BrN4O5S. The first-order valence-electron chi connectivity index (χ1n) is 11.0. The highest BCUT2D eigenvalue weighted by Crippen LogP contribution is 2.43. The van der Waals surface area contributed by atoms with E-state index in [2.05, 4.69) is 32.7 Å². The minimum absolute atomic E-state index is 0.301. The Morgan fingerprint density at radius 3 is 2.51 bits per heavy atom. The minimum atomic E-state index is -0.556. The highest BCUT2D eigenvalue weighted by atomic mass is 79.9. The highest BCUT2D eigenvalue weighted by Gasteiger charge is 2.26. The Hall–Kier alpha value is -3.05. The van der Waals surface area contributed by atoms with E-state index >= 15 is 0 Å². The second-order valence-electron chi connectivity index (χ2n) is 7.28. The summed E-state index contributed by atoms with van der Waals surface area (Å²) in [5.74, 6) is 2.45. The summed E-state index contributed by atoms with van der Waals surface area (Å²) in [5.41, 5.74) is 1.54. The van der Waals surface area contributed by atoms with Gasteiger partial charge in [0.15, 0.2) is 16.7 Å². The molecule has 0 saturated heterocycles. The number of ether oxygens (including phenoxy) is 3. The van der Waals surface area contributed by atoms with E-state index in [1.807, 2.05) is 55.7 Å². The van der Waals surface area contributed by atoms with E-state index in [0.29, 0.717) is 52.3 Å². The fourth-order valence-electron chi connectivity index (χ4n) is 3.37. The molecular weight excluding hydrogens is 536 g/mol. The lowest BCUT2D eigenvalue weighted by atomic mass is 10.1. The Morgan fingerprint density at radius 1 is 1.17 bits per heavy atom. The topological polar surface area (TPSA) is 102 Å². The molecule has 0 aliphatic carbocycles. The first kappa shape index (κ1) is 26.6. The van der Waals surface area contributed by atoms with Crippen molar-refractivity contribution < 1.29 is 19.1 Å². The second kappa shape index (κ2) is 12.6. The quantitative estimate of drug-likeness (QED) is 0.111. The first-order valence-corrected chi connectivity index (χ1v) is 12.7. The molecule has 1 heterocycles. The van der Waals surface area contributed by atoms with Gasteiger partial charge in [-0.05, 0) is 78.7 Å². The molecule has 0 aliphatic heterocycles. The van der Waals surface area contributed by atoms with Gasteiger partial charge in [0, 0.05) is 10.6 Å². The van der Waals surface area contributed by atoms with Crippen LogP contribution >= 0.6 is 27.7 Å². The lowest BCUT2D eigenvalue weighted by molar-refractivity contribution is -0.479. The molecule has 35 heavy (non-hydrogen) atoms. The predicted octanol–water partition coefficient (Wildman–Crippen LogP) is 5.81. The number of nitrogens with zero attached hydrogens (tertiary/aromatic N) is 4. The van der Waals surface area contributed by atoms with Crippen molar-refractivity contribution in [2.45, 2.75) is 31.2 Å². The number of nitro groups is 1. The van der Waals surface area contributed by atoms with E-state index in [1.165, 1.54) is 11.8 Å². The average Bonchev–Trinajstić information content (AvgIpc) is 3.18. The lowest BCUT2D eigenvalue weighted by Crippen LogP contribution is -2.12. The lowest BCUT2D eigenvalue weighted by Gasteiger charge is -2.18. The third-order valence-electron chi connectivity index (χ3n) is 4.81. The number of aromatic nitrogens is 3. The fourth-order valence-corrected chi connectivity index (χ4v) is 5.10. The average molecular weight is 563 g/mol. The van der Waals surface area contributed by atoms with Crippen LogP contribution in [0.5, 0.6) is 17.2 Å². The molecule has 0 aliphatic rings. The molecule has 0 saturated carbocycles. The van der Waals surface area contributed by atoms with Crippen LogP contribution in [0.2, 0.25) is 0 Å². The molecule has 11 heteroatoms. The van der Waals surface area contributed by atoms with E-state index in [-0.39, 0.29) is 11.5 Å². The third-order valence-corrected chi connectivity index (χ3v) is 6.58. The van der Waals surface area contributed by atoms with Gasteiger partial charge in [-0.3, -0.25) is 14.7 Å². The maximum Gasteiger partial charge on any atom is 0.220 e. The van der Waals surface area contributed by atoms with Gasteiger partial charge in [-0.15, -0.1) is 10.2 Å². The molecule has 2 aromatic carbocycles. The normalized spacial score (nSPS) is 11.7. The SMILES string of the molecule is C=CCOc1c(Br)cc([C@H](C[N+](=O)[O-])Sc2nnc(C)n2-c2ccc(OCC)cc2)cc1OCC. The van der Waals surface area contributed by atoms with Gasteiger partial charge in [-0.1, -0.05) is 24.4 Å². The van der Waals surface area contributed by atoms with Crippen LogP contribution in [0.15, 0.2) is 58.7 Å². The maximum absolute atomic E-state index is 11.6. The predicted molar refractivity (Wildman–Crippen MR) is 139 cm³/mol. The molecule has 3 rings (SSSR count). The van der Waals surface area contributed by atoms with E-state index in [9.17, 15) is 10.1 Å². The Morgan fingerprint density at radius 2 is 1.89 bits per heavy atom. The zero-order valence-corrected chi connectivity index (χ0v) is 22.2. The summed E-state index contributed by atoms with van der Waals surface area (Å²) in [5, 5.41) is 20.1. The van der Waals surface area contributed by atoms with E-state index in [0.717, 1.165) is 11.4 Å². The summed E-state index contributed by atoms with van der Waals surface area (Å²) in [7, 11) is 0. The summed E-state index contributed by atoms with van der Waals surface area (Å²) in [4.78, 5) is 11.3. The van der Waals surface area contributed by atoms with Gasteiger partial charge in [0.1, 0.15) is 23.4 Å². The van der Waals surface area contributed by atoms with Gasteiger partial charge < -0.3 is 14.2 Å². The van der Waals surface area contributed by atoms with Gasteiger partial charge in [0.05, 0.1) is 17.7 Å². The van der Waals surface area contributed by atoms with Gasteiger partial charge in [-0.25, -0.2) is 0 Å². The van der Waals surface area contributed by atoms with Crippen LogP contribution in [0, 0.1) is 17.0 Å². The molecule has 0 radical (unpaired) electrons. The van der Waals surface area contributed by atoms with Crippen LogP contribution in [0.4, 0.5) is 0 Å². The molecule has 1 aromatic heterocycles. The Labute approximate surface area is 216 Å². The Balaban J connectivity index is 1.99. The van der Waals surface area contributed by atoms with Gasteiger partial charge in [0.25, 0.3) is 0 Å². The van der Waals surface area contributed by atoms with Crippen molar-refractivity contribution in [3.8, 4) is 22.9 Å². The molecule has 0 spiro atoms. The highest BCUT2D eigenvalue weighted by molar-refractivity contribution is 9.10. The van der Waals surface area contributed by atoms with Crippen LogP contribution < -0.4 is 14.2 Å². The molecule has 9 nitrogen and oxygen atoms in total. The monoisotopic (exact) mass is 562 g/mol. The van der Waals surface area contributed by atoms with Crippen LogP contribution in [-0.2, 0) is 0 Å². The number of hydrogen-bond acceptors (Lipinski definition) is 8.